The molecule has 0 radical (unpaired) electrons. The second-order valence-corrected chi connectivity index (χ2v) is 5.47. The molecule has 1 aromatic rings. The van der Waals surface area contributed by atoms with Crippen LogP contribution in [0, 0.1) is 0 Å². The lowest BCUT2D eigenvalue weighted by Gasteiger charge is -2.14. The Morgan fingerprint density at radius 2 is 1.88 bits per heavy atom. The number of benzene rings is 1. The molecule has 1 aromatic carbocycles. The molecule has 3 N–H and O–H groups in total. The summed E-state index contributed by atoms with van der Waals surface area (Å²) in [6.07, 6.45) is -4.53. The van der Waals surface area contributed by atoms with Crippen molar-refractivity contribution in [1.82, 2.24) is 10.6 Å². The second-order valence-electron chi connectivity index (χ2n) is 5.03. The maximum atomic E-state index is 11.9. The van der Waals surface area contributed by atoms with Gasteiger partial charge in [-0.1, -0.05) is 11.6 Å². The van der Waals surface area contributed by atoms with Crippen molar-refractivity contribution in [3.8, 4) is 5.75 Å². The number of likely N-dealkylation sites (N-methyl/N-ethyl adjacent to an activating group) is 1. The molecule has 0 aromatic heterocycles. The Balaban J connectivity index is 2.21. The zero-order valence-electron chi connectivity index (χ0n) is 12.9. The van der Waals surface area contributed by atoms with E-state index in [1.54, 1.807) is 36.6 Å². The number of halogens is 4. The number of amides is 3. The number of carbonyl (C=O) groups excluding carboxylic acids is 2. The van der Waals surface area contributed by atoms with E-state index >= 15 is 0 Å². The average Bonchev–Trinajstić information content (AvgIpc) is 2.46. The van der Waals surface area contributed by atoms with Crippen molar-refractivity contribution in [3.05, 3.63) is 29.3 Å². The molecular weight excluding hydrogens is 351 g/mol. The molecule has 134 valence electrons. The van der Waals surface area contributed by atoms with Crippen LogP contribution in [0.25, 0.3) is 0 Å². The molecule has 10 heteroatoms. The van der Waals surface area contributed by atoms with Crippen LogP contribution in [0.3, 0.4) is 0 Å². The molecule has 0 saturated heterocycles. The average molecular weight is 369 g/mol. The van der Waals surface area contributed by atoms with Crippen molar-refractivity contribution in [2.75, 3.05) is 33.3 Å². The van der Waals surface area contributed by atoms with Crippen LogP contribution in [0.1, 0.15) is 0 Å². The van der Waals surface area contributed by atoms with Gasteiger partial charge in [0.1, 0.15) is 25.4 Å². The van der Waals surface area contributed by atoms with Crippen molar-refractivity contribution in [2.45, 2.75) is 6.18 Å². The molecule has 0 fully saturated rings. The van der Waals surface area contributed by atoms with Gasteiger partial charge in [0.05, 0.1) is 7.05 Å². The molecule has 1 unspecified atom stereocenters. The van der Waals surface area contributed by atoms with E-state index < -0.39 is 24.7 Å². The highest BCUT2D eigenvalue weighted by atomic mass is 35.5. The lowest BCUT2D eigenvalue weighted by molar-refractivity contribution is -0.871. The van der Waals surface area contributed by atoms with E-state index in [0.717, 1.165) is 4.90 Å². The van der Waals surface area contributed by atoms with E-state index in [4.69, 9.17) is 16.3 Å². The number of imide groups is 1. The molecule has 1 atom stereocenters. The number of urea groups is 1. The summed E-state index contributed by atoms with van der Waals surface area (Å²) in [7, 11) is 1.69. The zero-order chi connectivity index (χ0) is 18.2. The van der Waals surface area contributed by atoms with Gasteiger partial charge in [0, 0.05) is 5.02 Å². The Labute approximate surface area is 141 Å². The third kappa shape index (κ3) is 9.21. The van der Waals surface area contributed by atoms with Crippen LogP contribution in [0.2, 0.25) is 5.02 Å². The number of quaternary nitrogens is 1. The quantitative estimate of drug-likeness (QED) is 0.661. The third-order valence-corrected chi connectivity index (χ3v) is 3.03. The van der Waals surface area contributed by atoms with Crippen LogP contribution in [-0.4, -0.2) is 51.4 Å². The standard InChI is InChI=1S/C14H17ClF3N3O3/c1-21(6-7-24-11-4-2-10(15)3-5-11)8-12(22)20-13(23)19-9-14(16,17)18/h2-5H,6-9H2,1H3,(H2,19,20,22,23)/p+1. The van der Waals surface area contributed by atoms with Crippen LogP contribution in [0.15, 0.2) is 24.3 Å². The molecule has 0 aliphatic rings. The van der Waals surface area contributed by atoms with Gasteiger partial charge >= 0.3 is 12.2 Å². The number of alkyl halides is 3. The van der Waals surface area contributed by atoms with Crippen LogP contribution < -0.4 is 20.3 Å². The predicted molar refractivity (Wildman–Crippen MR) is 81.2 cm³/mol. The predicted octanol–water partition coefficient (Wildman–Crippen LogP) is 0.622. The first-order valence-electron chi connectivity index (χ1n) is 7.00. The lowest BCUT2D eigenvalue weighted by Crippen LogP contribution is -3.10. The van der Waals surface area contributed by atoms with Gasteiger partial charge in [0.25, 0.3) is 5.91 Å². The smallest absolute Gasteiger partial charge is 0.405 e. The molecular formula is C14H18ClF3N3O3+. The van der Waals surface area contributed by atoms with Gasteiger partial charge in [-0.15, -0.1) is 0 Å². The summed E-state index contributed by atoms with van der Waals surface area (Å²) in [4.78, 5) is 23.4. The Hall–Kier alpha value is -2.00. The number of hydrogen-bond acceptors (Lipinski definition) is 3. The van der Waals surface area contributed by atoms with E-state index in [1.807, 2.05) is 5.32 Å². The largest absolute Gasteiger partial charge is 0.488 e. The summed E-state index contributed by atoms with van der Waals surface area (Å²) < 4.78 is 41.2. The zero-order valence-corrected chi connectivity index (χ0v) is 13.6. The summed E-state index contributed by atoms with van der Waals surface area (Å²) in [6, 6.07) is 5.59. The van der Waals surface area contributed by atoms with Gasteiger partial charge in [-0.25, -0.2) is 4.79 Å². The first-order chi connectivity index (χ1) is 11.2. The van der Waals surface area contributed by atoms with E-state index in [0.29, 0.717) is 23.9 Å². The van der Waals surface area contributed by atoms with Gasteiger partial charge in [0.15, 0.2) is 6.54 Å². The summed E-state index contributed by atoms with van der Waals surface area (Å²) in [5.74, 6) is -0.0538. The molecule has 0 aliphatic heterocycles. The van der Waals surface area contributed by atoms with Gasteiger partial charge in [-0.3, -0.25) is 10.1 Å². The second kappa shape index (κ2) is 9.33. The van der Waals surface area contributed by atoms with Crippen molar-refractivity contribution in [1.29, 1.82) is 0 Å². The Morgan fingerprint density at radius 3 is 2.46 bits per heavy atom. The molecule has 6 nitrogen and oxygen atoms in total. The maximum Gasteiger partial charge on any atom is 0.405 e. The fourth-order valence-corrected chi connectivity index (χ4v) is 1.76. The Kier molecular flexibility index (Phi) is 7.80. The van der Waals surface area contributed by atoms with Crippen molar-refractivity contribution in [3.63, 3.8) is 0 Å². The molecule has 3 amide bonds. The van der Waals surface area contributed by atoms with Gasteiger partial charge in [-0.05, 0) is 24.3 Å². The van der Waals surface area contributed by atoms with Gasteiger partial charge < -0.3 is 15.0 Å². The highest BCUT2D eigenvalue weighted by Gasteiger charge is 2.28. The lowest BCUT2D eigenvalue weighted by atomic mass is 10.3. The molecule has 24 heavy (non-hydrogen) atoms. The van der Waals surface area contributed by atoms with E-state index in [2.05, 4.69) is 0 Å². The van der Waals surface area contributed by atoms with E-state index in [9.17, 15) is 22.8 Å². The molecule has 0 saturated carbocycles. The maximum absolute atomic E-state index is 11.9. The molecule has 0 bridgehead atoms. The van der Waals surface area contributed by atoms with Crippen molar-refractivity contribution in [2.24, 2.45) is 0 Å². The first-order valence-corrected chi connectivity index (χ1v) is 7.37. The first kappa shape index (κ1) is 20.0. The number of hydrogen-bond donors (Lipinski definition) is 3. The highest BCUT2D eigenvalue weighted by molar-refractivity contribution is 6.30. The number of ether oxygens (including phenoxy) is 1. The van der Waals surface area contributed by atoms with Gasteiger partial charge in [0.2, 0.25) is 0 Å². The minimum absolute atomic E-state index is 0.0799. The van der Waals surface area contributed by atoms with Crippen molar-refractivity contribution < 1.29 is 32.4 Å². The van der Waals surface area contributed by atoms with Crippen LogP contribution in [-0.2, 0) is 4.79 Å². The monoisotopic (exact) mass is 368 g/mol. The summed E-state index contributed by atoms with van der Waals surface area (Å²) in [6.45, 7) is -0.797. The van der Waals surface area contributed by atoms with E-state index in [1.165, 1.54) is 0 Å². The summed E-state index contributed by atoms with van der Waals surface area (Å²) in [5, 5.41) is 3.98. The van der Waals surface area contributed by atoms with Crippen LogP contribution in [0.5, 0.6) is 5.75 Å². The minimum Gasteiger partial charge on any atom is -0.488 e. The fourth-order valence-electron chi connectivity index (χ4n) is 1.63. The Bertz CT molecular complexity index is 552. The van der Waals surface area contributed by atoms with Crippen LogP contribution in [0.4, 0.5) is 18.0 Å². The Morgan fingerprint density at radius 1 is 1.25 bits per heavy atom. The minimum atomic E-state index is -4.53. The van der Waals surface area contributed by atoms with E-state index in [-0.39, 0.29) is 6.54 Å². The van der Waals surface area contributed by atoms with Crippen LogP contribution >= 0.6 is 11.6 Å². The van der Waals surface area contributed by atoms with Gasteiger partial charge in [-0.2, -0.15) is 13.2 Å². The molecule has 0 heterocycles. The topological polar surface area (TPSA) is 71.9 Å². The summed E-state index contributed by atoms with van der Waals surface area (Å²) >= 11 is 5.74. The van der Waals surface area contributed by atoms with Crippen molar-refractivity contribution >= 4 is 23.5 Å². The normalized spacial score (nSPS) is 12.4. The fraction of sp³-hybridized carbons (Fsp3) is 0.429. The molecule has 1 rings (SSSR count). The third-order valence-electron chi connectivity index (χ3n) is 2.78. The summed E-state index contributed by atoms with van der Waals surface area (Å²) in [5.41, 5.74) is 0. The molecule has 0 spiro atoms. The number of nitrogens with one attached hydrogen (secondary N) is 3. The number of carbonyl (C=O) groups is 2. The SMILES string of the molecule is C[NH+](CCOc1ccc(Cl)cc1)CC(=O)NC(=O)NCC(F)(F)F. The number of rotatable bonds is 7. The molecule has 0 aliphatic carbocycles. The highest BCUT2D eigenvalue weighted by Crippen LogP contribution is 2.15.